The van der Waals surface area contributed by atoms with Crippen LogP contribution in [-0.2, 0) is 9.53 Å². The number of carbonyl (C=O) groups is 1. The maximum Gasteiger partial charge on any atom is 0.333 e. The van der Waals surface area contributed by atoms with Crippen molar-refractivity contribution in [1.29, 1.82) is 0 Å². The average Bonchev–Trinajstić information content (AvgIpc) is 2.39. The molecule has 0 saturated carbocycles. The molecule has 2 rings (SSSR count). The van der Waals surface area contributed by atoms with E-state index in [9.17, 15) is 4.79 Å². The van der Waals surface area contributed by atoms with Crippen molar-refractivity contribution in [2.45, 2.75) is 6.04 Å². The molecule has 1 aliphatic heterocycles. The Kier molecular flexibility index (Phi) is 4.19. The second-order valence-corrected chi connectivity index (χ2v) is 4.38. The van der Waals surface area contributed by atoms with Gasteiger partial charge in [0.05, 0.1) is 13.1 Å². The molecule has 1 atom stereocenters. The second-order valence-electron chi connectivity index (χ2n) is 3.92. The Balaban J connectivity index is 2.32. The first-order valence-corrected chi connectivity index (χ1v) is 6.41. The van der Waals surface area contributed by atoms with Gasteiger partial charge < -0.3 is 4.74 Å². The van der Waals surface area contributed by atoms with E-state index in [-0.39, 0.29) is 5.97 Å². The van der Waals surface area contributed by atoms with Crippen molar-refractivity contribution in [1.82, 2.24) is 4.90 Å². The Labute approximate surface area is 115 Å². The van der Waals surface area contributed by atoms with E-state index in [1.165, 1.54) is 0 Å². The quantitative estimate of drug-likeness (QED) is 0.621. The van der Waals surface area contributed by atoms with Gasteiger partial charge in [-0.1, -0.05) is 52.2 Å². The lowest BCUT2D eigenvalue weighted by atomic mass is 10.0. The molecule has 1 saturated heterocycles. The predicted octanol–water partition coefficient (Wildman–Crippen LogP) is 2.46. The Morgan fingerprint density at radius 1 is 1.50 bits per heavy atom. The highest BCUT2D eigenvalue weighted by Gasteiger charge is 2.34. The summed E-state index contributed by atoms with van der Waals surface area (Å²) >= 11 is 3.18. The predicted molar refractivity (Wildman–Crippen MR) is 72.7 cm³/mol. The number of hydrogen-bond donors (Lipinski definition) is 0. The Morgan fingerprint density at radius 3 is 2.83 bits per heavy atom. The van der Waals surface area contributed by atoms with Crippen molar-refractivity contribution in [2.24, 2.45) is 0 Å². The molecule has 0 bridgehead atoms. The molecule has 1 fully saturated rings. The second kappa shape index (κ2) is 5.85. The fourth-order valence-corrected chi connectivity index (χ4v) is 2.20. The van der Waals surface area contributed by atoms with Crippen LogP contribution in [-0.4, -0.2) is 24.0 Å². The molecule has 18 heavy (non-hydrogen) atoms. The average molecular weight is 306 g/mol. The number of terminal acetylenes is 1. The fourth-order valence-electron chi connectivity index (χ4n) is 1.96. The van der Waals surface area contributed by atoms with Crippen LogP contribution in [0.25, 0.3) is 0 Å². The first-order valence-electron chi connectivity index (χ1n) is 5.49. The maximum absolute atomic E-state index is 12.1. The van der Waals surface area contributed by atoms with Crippen LogP contribution in [0.1, 0.15) is 11.6 Å². The highest BCUT2D eigenvalue weighted by atomic mass is 79.9. The first-order chi connectivity index (χ1) is 8.76. The van der Waals surface area contributed by atoms with Crippen LogP contribution in [0.4, 0.5) is 0 Å². The van der Waals surface area contributed by atoms with E-state index in [0.29, 0.717) is 18.8 Å². The zero-order valence-electron chi connectivity index (χ0n) is 9.67. The summed E-state index contributed by atoms with van der Waals surface area (Å²) in [5, 5.41) is 0. The van der Waals surface area contributed by atoms with Crippen LogP contribution in [0.3, 0.4) is 0 Å². The van der Waals surface area contributed by atoms with E-state index in [0.717, 1.165) is 5.56 Å². The normalized spacial score (nSPS) is 22.6. The van der Waals surface area contributed by atoms with Gasteiger partial charge in [-0.2, -0.15) is 0 Å². The van der Waals surface area contributed by atoms with Gasteiger partial charge in [0, 0.05) is 4.99 Å². The zero-order chi connectivity index (χ0) is 13.0. The van der Waals surface area contributed by atoms with Crippen molar-refractivity contribution >= 4 is 21.9 Å². The third-order valence-corrected chi connectivity index (χ3v) is 3.22. The first kappa shape index (κ1) is 12.9. The van der Waals surface area contributed by atoms with Crippen molar-refractivity contribution in [3.8, 4) is 12.3 Å². The zero-order valence-corrected chi connectivity index (χ0v) is 11.3. The number of carbonyl (C=O) groups excluding carboxylic acids is 1. The topological polar surface area (TPSA) is 29.5 Å². The summed E-state index contributed by atoms with van der Waals surface area (Å²) in [6.45, 7) is 0.916. The number of cyclic esters (lactones) is 1. The van der Waals surface area contributed by atoms with Crippen LogP contribution < -0.4 is 0 Å². The van der Waals surface area contributed by atoms with Gasteiger partial charge in [0.25, 0.3) is 0 Å². The van der Waals surface area contributed by atoms with Crippen LogP contribution in [0.2, 0.25) is 0 Å². The molecule has 0 aromatic heterocycles. The minimum absolute atomic E-state index is 0.298. The maximum atomic E-state index is 12.1. The van der Waals surface area contributed by atoms with Crippen LogP contribution >= 0.6 is 15.9 Å². The van der Waals surface area contributed by atoms with Gasteiger partial charge in [0.2, 0.25) is 0 Å². The lowest BCUT2D eigenvalue weighted by molar-refractivity contribution is -0.150. The summed E-state index contributed by atoms with van der Waals surface area (Å²) in [6, 6.07) is 9.07. The summed E-state index contributed by atoms with van der Waals surface area (Å²) in [6.07, 6.45) is 5.36. The highest BCUT2D eigenvalue weighted by molar-refractivity contribution is 9.11. The standard InChI is InChI=1S/C14H12BrNO2/c1-2-8-16-10-12(9-15)18-14(17)13(16)11-6-4-3-5-7-11/h1,3-7,9,13H,8,10H2/b12-9+/t13-/m1/s1. The van der Waals surface area contributed by atoms with Gasteiger partial charge in [-0.05, 0) is 5.56 Å². The monoisotopic (exact) mass is 305 g/mol. The van der Waals surface area contributed by atoms with Crippen LogP contribution in [0, 0.1) is 12.3 Å². The fraction of sp³-hybridized carbons (Fsp3) is 0.214. The molecule has 4 heteroatoms. The summed E-state index contributed by atoms with van der Waals surface area (Å²) in [7, 11) is 0. The summed E-state index contributed by atoms with van der Waals surface area (Å²) in [4.78, 5) is 15.6. The highest BCUT2D eigenvalue weighted by Crippen LogP contribution is 2.28. The number of hydrogen-bond acceptors (Lipinski definition) is 3. The molecule has 0 radical (unpaired) electrons. The third kappa shape index (κ3) is 2.63. The van der Waals surface area contributed by atoms with Crippen molar-refractivity contribution < 1.29 is 9.53 Å². The molecule has 0 aliphatic carbocycles. The molecular weight excluding hydrogens is 294 g/mol. The van der Waals surface area contributed by atoms with Crippen LogP contribution in [0.5, 0.6) is 0 Å². The lowest BCUT2D eigenvalue weighted by Crippen LogP contribution is -2.41. The van der Waals surface area contributed by atoms with E-state index in [1.54, 1.807) is 4.99 Å². The summed E-state index contributed by atoms with van der Waals surface area (Å²) in [5.41, 5.74) is 0.895. The molecule has 1 heterocycles. The summed E-state index contributed by atoms with van der Waals surface area (Å²) in [5.74, 6) is 2.85. The third-order valence-electron chi connectivity index (χ3n) is 2.71. The minimum atomic E-state index is -0.432. The van der Waals surface area contributed by atoms with Crippen LogP contribution in [0.15, 0.2) is 41.1 Å². The molecule has 3 nitrogen and oxygen atoms in total. The summed E-state index contributed by atoms with van der Waals surface area (Å²) < 4.78 is 5.24. The van der Waals surface area contributed by atoms with Gasteiger partial charge in [-0.3, -0.25) is 4.90 Å². The molecule has 0 unspecified atom stereocenters. The van der Waals surface area contributed by atoms with E-state index < -0.39 is 6.04 Å². The van der Waals surface area contributed by atoms with Crippen molar-refractivity contribution in [3.05, 3.63) is 46.6 Å². The van der Waals surface area contributed by atoms with E-state index in [4.69, 9.17) is 11.2 Å². The number of benzene rings is 1. The molecule has 1 aliphatic rings. The Bertz CT molecular complexity index is 504. The van der Waals surface area contributed by atoms with E-state index in [2.05, 4.69) is 21.9 Å². The van der Waals surface area contributed by atoms with E-state index in [1.807, 2.05) is 35.2 Å². The number of nitrogens with zero attached hydrogens (tertiary/aromatic N) is 1. The largest absolute Gasteiger partial charge is 0.428 e. The molecular formula is C14H12BrNO2. The SMILES string of the molecule is C#CCN1C/C(=C\Br)OC(=O)[C@H]1c1ccccc1. The smallest absolute Gasteiger partial charge is 0.333 e. The van der Waals surface area contributed by atoms with Crippen molar-refractivity contribution in [3.63, 3.8) is 0 Å². The number of esters is 1. The number of ether oxygens (including phenoxy) is 1. The number of morpholine rings is 1. The number of rotatable bonds is 2. The van der Waals surface area contributed by atoms with Gasteiger partial charge in [0.1, 0.15) is 11.8 Å². The number of halogens is 1. The molecule has 0 amide bonds. The Hall–Kier alpha value is -1.57. The van der Waals surface area contributed by atoms with Gasteiger partial charge in [0.15, 0.2) is 0 Å². The van der Waals surface area contributed by atoms with Gasteiger partial charge >= 0.3 is 5.97 Å². The van der Waals surface area contributed by atoms with Gasteiger partial charge in [-0.15, -0.1) is 6.42 Å². The molecule has 92 valence electrons. The van der Waals surface area contributed by atoms with Crippen molar-refractivity contribution in [2.75, 3.05) is 13.1 Å². The lowest BCUT2D eigenvalue weighted by Gasteiger charge is -2.33. The van der Waals surface area contributed by atoms with Gasteiger partial charge in [-0.25, -0.2) is 4.79 Å². The Morgan fingerprint density at radius 2 is 2.22 bits per heavy atom. The molecule has 0 N–H and O–H groups in total. The van der Waals surface area contributed by atoms with E-state index >= 15 is 0 Å². The molecule has 0 spiro atoms. The molecule has 1 aromatic carbocycles. The molecule has 1 aromatic rings. The minimum Gasteiger partial charge on any atom is -0.428 e.